The number of nitrogens with zero attached hydrogens (tertiary/aromatic N) is 6. The van der Waals surface area contributed by atoms with Gasteiger partial charge in [0.2, 0.25) is 0 Å². The molecule has 0 spiro atoms. The minimum atomic E-state index is -0.394. The van der Waals surface area contributed by atoms with Gasteiger partial charge < -0.3 is 14.6 Å². The highest BCUT2D eigenvalue weighted by atomic mass is 16.5. The van der Waals surface area contributed by atoms with Crippen molar-refractivity contribution in [2.75, 3.05) is 38.2 Å². The number of benzene rings is 2. The normalized spacial score (nSPS) is 15.8. The lowest BCUT2D eigenvalue weighted by atomic mass is 10.0. The number of ether oxygens (including phenoxy) is 1. The Labute approximate surface area is 217 Å². The number of pyridine rings is 1. The summed E-state index contributed by atoms with van der Waals surface area (Å²) in [6.45, 7) is 13.8. The predicted molar refractivity (Wildman–Crippen MR) is 145 cm³/mol. The Morgan fingerprint density at radius 1 is 1.03 bits per heavy atom. The van der Waals surface area contributed by atoms with E-state index < -0.39 is 6.04 Å². The summed E-state index contributed by atoms with van der Waals surface area (Å²) < 4.78 is 7.27. The highest BCUT2D eigenvalue weighted by molar-refractivity contribution is 5.80. The molecule has 2 aromatic heterocycles. The maximum Gasteiger partial charge on any atom is 0.253 e. The molecule has 9 heteroatoms. The Bertz CT molecular complexity index is 1480. The molecular weight excluding hydrogens is 466 g/mol. The van der Waals surface area contributed by atoms with Crippen LogP contribution in [0, 0.1) is 13.8 Å². The summed E-state index contributed by atoms with van der Waals surface area (Å²) in [5, 5.41) is 13.7. The van der Waals surface area contributed by atoms with Crippen molar-refractivity contribution in [1.29, 1.82) is 0 Å². The molecule has 9 nitrogen and oxygen atoms in total. The van der Waals surface area contributed by atoms with Gasteiger partial charge in [0.15, 0.2) is 5.82 Å². The van der Waals surface area contributed by atoms with Gasteiger partial charge in [-0.1, -0.05) is 12.1 Å². The SMILES string of the molecule is COc1ccc2[nH]c(=O)c(C(c3nnnn3C(C)(C)C)N3CCN(c4cccc(C)c4C)CC3)cc2c1. The third-order valence-electron chi connectivity index (χ3n) is 7.34. The van der Waals surface area contributed by atoms with Gasteiger partial charge >= 0.3 is 0 Å². The van der Waals surface area contributed by atoms with E-state index in [9.17, 15) is 4.79 Å². The molecule has 1 atom stereocenters. The Kier molecular flexibility index (Phi) is 6.49. The van der Waals surface area contributed by atoms with Gasteiger partial charge in [-0.15, -0.1) is 5.10 Å². The summed E-state index contributed by atoms with van der Waals surface area (Å²) in [6.07, 6.45) is 0. The number of fused-ring (bicyclic) bond motifs is 1. The maximum atomic E-state index is 13.5. The smallest absolute Gasteiger partial charge is 0.253 e. The second-order valence-corrected chi connectivity index (χ2v) is 10.8. The molecule has 1 aliphatic rings. The minimum absolute atomic E-state index is 0.136. The molecule has 1 aliphatic heterocycles. The predicted octanol–water partition coefficient (Wildman–Crippen LogP) is 3.81. The molecule has 5 rings (SSSR count). The summed E-state index contributed by atoms with van der Waals surface area (Å²) in [5.41, 5.74) is 4.79. The lowest BCUT2D eigenvalue weighted by Gasteiger charge is -2.40. The maximum absolute atomic E-state index is 13.5. The van der Waals surface area contributed by atoms with Crippen molar-refractivity contribution in [1.82, 2.24) is 30.1 Å². The molecule has 3 heterocycles. The number of tetrazole rings is 1. The highest BCUT2D eigenvalue weighted by Gasteiger charge is 2.35. The third-order valence-corrected chi connectivity index (χ3v) is 7.34. The van der Waals surface area contributed by atoms with Gasteiger partial charge in [0.1, 0.15) is 11.8 Å². The largest absolute Gasteiger partial charge is 0.497 e. The molecule has 0 saturated carbocycles. The van der Waals surface area contributed by atoms with Gasteiger partial charge in [-0.05, 0) is 86.5 Å². The first kappa shape index (κ1) is 25.0. The molecule has 0 radical (unpaired) electrons. The molecule has 4 aromatic rings. The molecule has 0 aliphatic carbocycles. The zero-order valence-electron chi connectivity index (χ0n) is 22.4. The van der Waals surface area contributed by atoms with Crippen LogP contribution in [0.1, 0.15) is 49.3 Å². The molecule has 1 fully saturated rings. The first-order valence-electron chi connectivity index (χ1n) is 12.7. The first-order chi connectivity index (χ1) is 17.7. The number of methoxy groups -OCH3 is 1. The number of H-pyrrole nitrogens is 1. The summed E-state index contributed by atoms with van der Waals surface area (Å²) >= 11 is 0. The van der Waals surface area contributed by atoms with Crippen molar-refractivity contribution in [2.24, 2.45) is 0 Å². The summed E-state index contributed by atoms with van der Waals surface area (Å²) in [5.74, 6) is 1.41. The number of anilines is 1. The van der Waals surface area contributed by atoms with Crippen LogP contribution in [0.25, 0.3) is 10.9 Å². The molecular formula is C28H35N7O2. The minimum Gasteiger partial charge on any atom is -0.497 e. The van der Waals surface area contributed by atoms with Gasteiger partial charge in [-0.25, -0.2) is 4.68 Å². The number of aryl methyl sites for hydroxylation is 1. The summed E-state index contributed by atoms with van der Waals surface area (Å²) in [4.78, 5) is 21.3. The first-order valence-corrected chi connectivity index (χ1v) is 12.7. The van der Waals surface area contributed by atoms with E-state index in [1.807, 2.05) is 28.9 Å². The molecule has 1 N–H and O–H groups in total. The van der Waals surface area contributed by atoms with E-state index in [0.717, 1.165) is 42.8 Å². The monoisotopic (exact) mass is 501 g/mol. The van der Waals surface area contributed by atoms with Crippen LogP contribution in [-0.2, 0) is 5.54 Å². The lowest BCUT2D eigenvalue weighted by molar-refractivity contribution is 0.190. The van der Waals surface area contributed by atoms with Gasteiger partial charge in [0.05, 0.1) is 12.6 Å². The Morgan fingerprint density at radius 2 is 1.78 bits per heavy atom. The molecule has 0 bridgehead atoms. The van der Waals surface area contributed by atoms with Crippen LogP contribution >= 0.6 is 0 Å². The topological polar surface area (TPSA) is 92.2 Å². The number of hydrogen-bond donors (Lipinski definition) is 1. The Hall–Kier alpha value is -3.72. The fourth-order valence-electron chi connectivity index (χ4n) is 5.17. The lowest BCUT2D eigenvalue weighted by Crippen LogP contribution is -2.49. The van der Waals surface area contributed by atoms with Crippen molar-refractivity contribution in [2.45, 2.75) is 46.2 Å². The summed E-state index contributed by atoms with van der Waals surface area (Å²) in [7, 11) is 1.64. The van der Waals surface area contributed by atoms with Crippen molar-refractivity contribution in [3.05, 3.63) is 75.3 Å². The van der Waals surface area contributed by atoms with Crippen LogP contribution in [-0.4, -0.2) is 63.4 Å². The number of aromatic nitrogens is 5. The quantitative estimate of drug-likeness (QED) is 0.445. The molecule has 2 aromatic carbocycles. The second-order valence-electron chi connectivity index (χ2n) is 10.8. The van der Waals surface area contributed by atoms with Gasteiger partial charge in [0.25, 0.3) is 5.56 Å². The molecule has 1 saturated heterocycles. The number of rotatable bonds is 5. The van der Waals surface area contributed by atoms with Crippen molar-refractivity contribution in [3.63, 3.8) is 0 Å². The Balaban J connectivity index is 1.56. The summed E-state index contributed by atoms with van der Waals surface area (Å²) in [6, 6.07) is 13.7. The molecule has 1 unspecified atom stereocenters. The van der Waals surface area contributed by atoms with Crippen molar-refractivity contribution >= 4 is 16.6 Å². The van der Waals surface area contributed by atoms with Gasteiger partial charge in [-0.3, -0.25) is 9.69 Å². The number of nitrogens with one attached hydrogen (secondary N) is 1. The van der Waals surface area contributed by atoms with Crippen LogP contribution in [0.15, 0.2) is 47.3 Å². The standard InChI is InChI=1S/C28H35N7O2/c1-18-8-7-9-24(19(18)2)33-12-14-34(15-13-33)25(26-30-31-32-35(26)28(3,4)5)22-17-20-16-21(37-6)10-11-23(20)29-27(22)36/h7-11,16-17,25H,12-15H2,1-6H3,(H,29,36). The van der Waals surface area contributed by atoms with Crippen LogP contribution < -0.4 is 15.2 Å². The molecule has 0 amide bonds. The van der Waals surface area contributed by atoms with E-state index in [-0.39, 0.29) is 11.1 Å². The van der Waals surface area contributed by atoms with E-state index in [0.29, 0.717) is 11.4 Å². The number of hydrogen-bond acceptors (Lipinski definition) is 7. The second kappa shape index (κ2) is 9.63. The van der Waals surface area contributed by atoms with E-state index in [2.05, 4.69) is 83.1 Å². The molecule has 37 heavy (non-hydrogen) atoms. The van der Waals surface area contributed by atoms with E-state index in [1.165, 1.54) is 16.8 Å². The highest BCUT2D eigenvalue weighted by Crippen LogP contribution is 2.32. The average Bonchev–Trinajstić information content (AvgIpc) is 3.37. The van der Waals surface area contributed by atoms with E-state index in [1.54, 1.807) is 7.11 Å². The fraction of sp³-hybridized carbons (Fsp3) is 0.429. The van der Waals surface area contributed by atoms with Crippen LogP contribution in [0.3, 0.4) is 0 Å². The van der Waals surface area contributed by atoms with Gasteiger partial charge in [0, 0.05) is 48.3 Å². The van der Waals surface area contributed by atoms with Crippen LogP contribution in [0.4, 0.5) is 5.69 Å². The third kappa shape index (κ3) is 4.71. The van der Waals surface area contributed by atoms with Crippen LogP contribution in [0.5, 0.6) is 5.75 Å². The number of piperazine rings is 1. The zero-order valence-corrected chi connectivity index (χ0v) is 22.4. The van der Waals surface area contributed by atoms with Gasteiger partial charge in [-0.2, -0.15) is 0 Å². The van der Waals surface area contributed by atoms with Crippen LogP contribution in [0.2, 0.25) is 0 Å². The number of aromatic amines is 1. The average molecular weight is 502 g/mol. The van der Waals surface area contributed by atoms with Crippen molar-refractivity contribution in [3.8, 4) is 5.75 Å². The fourth-order valence-corrected chi connectivity index (χ4v) is 5.17. The van der Waals surface area contributed by atoms with Crippen molar-refractivity contribution < 1.29 is 4.74 Å². The Morgan fingerprint density at radius 3 is 2.49 bits per heavy atom. The molecule has 194 valence electrons. The van der Waals surface area contributed by atoms with E-state index in [4.69, 9.17) is 4.74 Å². The van der Waals surface area contributed by atoms with E-state index >= 15 is 0 Å². The zero-order chi connectivity index (χ0) is 26.3.